The Morgan fingerprint density at radius 3 is 2.95 bits per heavy atom. The van der Waals surface area contributed by atoms with Crippen molar-refractivity contribution in [3.05, 3.63) is 42.0 Å². The van der Waals surface area contributed by atoms with Crippen LogP contribution >= 0.6 is 11.6 Å². The first-order valence-electron chi connectivity index (χ1n) is 5.45. The van der Waals surface area contributed by atoms with Crippen molar-refractivity contribution in [1.82, 2.24) is 34.7 Å². The summed E-state index contributed by atoms with van der Waals surface area (Å²) in [7, 11) is 0. The van der Waals surface area contributed by atoms with Crippen LogP contribution in [0, 0.1) is 0 Å². The van der Waals surface area contributed by atoms with Crippen LogP contribution in [-0.4, -0.2) is 34.7 Å². The van der Waals surface area contributed by atoms with Gasteiger partial charge in [-0.3, -0.25) is 0 Å². The van der Waals surface area contributed by atoms with Crippen LogP contribution in [0.25, 0.3) is 5.95 Å². The fraction of sp³-hybridized carbons (Fsp3) is 0.100. The topological polar surface area (TPSA) is 97.2 Å². The van der Waals surface area contributed by atoms with E-state index in [0.717, 1.165) is 5.82 Å². The van der Waals surface area contributed by atoms with Crippen molar-refractivity contribution >= 4 is 17.5 Å². The maximum absolute atomic E-state index is 5.86. The van der Waals surface area contributed by atoms with E-state index in [-0.39, 0.29) is 5.28 Å². The van der Waals surface area contributed by atoms with Gasteiger partial charge >= 0.3 is 0 Å². The number of nitrogens with zero attached hydrogens (tertiary/aromatic N) is 6. The number of hydrogen-bond donors (Lipinski definition) is 2. The molecule has 0 spiro atoms. The van der Waals surface area contributed by atoms with Gasteiger partial charge in [0.2, 0.25) is 11.2 Å². The molecule has 2 N–H and O–H groups in total. The Kier molecular flexibility index (Phi) is 3.07. The zero-order valence-corrected chi connectivity index (χ0v) is 10.4. The summed E-state index contributed by atoms with van der Waals surface area (Å²) >= 11 is 5.86. The lowest BCUT2D eigenvalue weighted by molar-refractivity contribution is 0.793. The summed E-state index contributed by atoms with van der Waals surface area (Å²) in [4.78, 5) is 19.3. The van der Waals surface area contributed by atoms with Crippen molar-refractivity contribution < 1.29 is 0 Å². The first kappa shape index (κ1) is 11.6. The maximum atomic E-state index is 5.86. The molecule has 19 heavy (non-hydrogen) atoms. The Labute approximate surface area is 112 Å². The lowest BCUT2D eigenvalue weighted by Gasteiger charge is -2.05. The Balaban J connectivity index is 1.82. The molecule has 0 unspecified atom stereocenters. The van der Waals surface area contributed by atoms with Crippen molar-refractivity contribution in [2.24, 2.45) is 0 Å². The second kappa shape index (κ2) is 5.02. The van der Waals surface area contributed by atoms with E-state index >= 15 is 0 Å². The van der Waals surface area contributed by atoms with Gasteiger partial charge in [0.15, 0.2) is 0 Å². The van der Waals surface area contributed by atoms with Crippen molar-refractivity contribution in [2.75, 3.05) is 5.32 Å². The van der Waals surface area contributed by atoms with E-state index in [1.807, 2.05) is 0 Å². The van der Waals surface area contributed by atoms with Crippen LogP contribution in [0.3, 0.4) is 0 Å². The van der Waals surface area contributed by atoms with Crippen molar-refractivity contribution in [3.63, 3.8) is 0 Å². The molecule has 0 radical (unpaired) electrons. The first-order valence-corrected chi connectivity index (χ1v) is 5.83. The third-order valence-corrected chi connectivity index (χ3v) is 2.44. The molecule has 3 heterocycles. The largest absolute Gasteiger partial charge is 0.347 e. The summed E-state index contributed by atoms with van der Waals surface area (Å²) in [6, 6.07) is 1.77. The molecule has 3 aromatic rings. The maximum Gasteiger partial charge on any atom is 0.256 e. The number of imidazole rings is 1. The van der Waals surface area contributed by atoms with E-state index in [9.17, 15) is 0 Å². The molecule has 0 bridgehead atoms. The van der Waals surface area contributed by atoms with E-state index in [1.54, 1.807) is 30.9 Å². The quantitative estimate of drug-likeness (QED) is 0.739. The normalized spacial score (nSPS) is 10.6. The van der Waals surface area contributed by atoms with Gasteiger partial charge in [-0.1, -0.05) is 0 Å². The molecule has 0 aliphatic carbocycles. The van der Waals surface area contributed by atoms with Crippen LogP contribution in [-0.2, 0) is 6.54 Å². The standard InChI is InChI=1S/C10H9ClN8/c11-8-16-9(14-6-7-12-3-4-13-7)18-10(17-8)19-5-1-2-15-19/h1-5H,6H2,(H,12,13)(H,14,16,17,18). The summed E-state index contributed by atoms with van der Waals surface area (Å²) in [6.45, 7) is 0.464. The third-order valence-electron chi connectivity index (χ3n) is 2.27. The number of nitrogens with one attached hydrogen (secondary N) is 2. The molecule has 3 aromatic heterocycles. The van der Waals surface area contributed by atoms with Crippen LogP contribution in [0.4, 0.5) is 5.95 Å². The number of hydrogen-bond acceptors (Lipinski definition) is 6. The number of aromatic amines is 1. The molecule has 0 aliphatic rings. The average molecular weight is 277 g/mol. The van der Waals surface area contributed by atoms with Crippen molar-refractivity contribution in [2.45, 2.75) is 6.54 Å². The molecule has 0 atom stereocenters. The van der Waals surface area contributed by atoms with Gasteiger partial charge in [-0.2, -0.15) is 20.1 Å². The van der Waals surface area contributed by atoms with Gasteiger partial charge in [0.05, 0.1) is 6.54 Å². The SMILES string of the molecule is Clc1nc(NCc2ncc[nH]2)nc(-n2cccn2)n1. The minimum Gasteiger partial charge on any atom is -0.347 e. The zero-order valence-electron chi connectivity index (χ0n) is 9.66. The van der Waals surface area contributed by atoms with Crippen LogP contribution in [0.1, 0.15) is 5.82 Å². The van der Waals surface area contributed by atoms with E-state index in [1.165, 1.54) is 4.68 Å². The van der Waals surface area contributed by atoms with Crippen LogP contribution in [0.15, 0.2) is 30.9 Å². The predicted molar refractivity (Wildman–Crippen MR) is 67.9 cm³/mol. The fourth-order valence-electron chi connectivity index (χ4n) is 1.47. The molecule has 3 rings (SSSR count). The van der Waals surface area contributed by atoms with Crippen LogP contribution in [0.2, 0.25) is 5.28 Å². The molecular weight excluding hydrogens is 268 g/mol. The Morgan fingerprint density at radius 2 is 2.21 bits per heavy atom. The Morgan fingerprint density at radius 1 is 1.26 bits per heavy atom. The summed E-state index contributed by atoms with van der Waals surface area (Å²) in [5.74, 6) is 1.49. The lowest BCUT2D eigenvalue weighted by atomic mass is 10.6. The number of aromatic nitrogens is 7. The molecule has 9 heteroatoms. The van der Waals surface area contributed by atoms with Gasteiger partial charge in [0, 0.05) is 24.8 Å². The van der Waals surface area contributed by atoms with Gasteiger partial charge in [0.1, 0.15) is 5.82 Å². The van der Waals surface area contributed by atoms with Crippen molar-refractivity contribution in [1.29, 1.82) is 0 Å². The second-order valence-electron chi connectivity index (χ2n) is 3.57. The molecule has 8 nitrogen and oxygen atoms in total. The monoisotopic (exact) mass is 276 g/mol. The molecule has 0 saturated heterocycles. The van der Waals surface area contributed by atoms with Crippen LogP contribution < -0.4 is 5.32 Å². The Hall–Kier alpha value is -2.48. The summed E-state index contributed by atoms with van der Waals surface area (Å²) < 4.78 is 1.51. The van der Waals surface area contributed by atoms with E-state index in [0.29, 0.717) is 18.4 Å². The zero-order chi connectivity index (χ0) is 13.1. The minimum atomic E-state index is 0.0995. The number of rotatable bonds is 4. The Bertz CT molecular complexity index is 648. The highest BCUT2D eigenvalue weighted by Gasteiger charge is 2.07. The van der Waals surface area contributed by atoms with Gasteiger partial charge in [-0.05, 0) is 17.7 Å². The highest BCUT2D eigenvalue weighted by Crippen LogP contribution is 2.09. The lowest BCUT2D eigenvalue weighted by Crippen LogP contribution is -2.09. The number of anilines is 1. The smallest absolute Gasteiger partial charge is 0.256 e. The van der Waals surface area contributed by atoms with E-state index in [4.69, 9.17) is 11.6 Å². The van der Waals surface area contributed by atoms with Gasteiger partial charge in [-0.15, -0.1) is 0 Å². The van der Waals surface area contributed by atoms with E-state index < -0.39 is 0 Å². The molecule has 0 fully saturated rings. The van der Waals surface area contributed by atoms with Gasteiger partial charge in [-0.25, -0.2) is 9.67 Å². The minimum absolute atomic E-state index is 0.0995. The molecule has 0 amide bonds. The predicted octanol–water partition coefficient (Wildman–Crippen LogP) is 1.05. The highest BCUT2D eigenvalue weighted by molar-refractivity contribution is 6.28. The molecular formula is C10H9ClN8. The highest BCUT2D eigenvalue weighted by atomic mass is 35.5. The first-order chi connectivity index (χ1) is 9.31. The fourth-order valence-corrected chi connectivity index (χ4v) is 1.62. The average Bonchev–Trinajstić information content (AvgIpc) is 3.09. The molecule has 96 valence electrons. The molecule has 0 aliphatic heterocycles. The van der Waals surface area contributed by atoms with Gasteiger partial charge in [0.25, 0.3) is 5.95 Å². The number of halogens is 1. The molecule has 0 saturated carbocycles. The second-order valence-corrected chi connectivity index (χ2v) is 3.91. The summed E-state index contributed by atoms with van der Waals surface area (Å²) in [5.41, 5.74) is 0. The van der Waals surface area contributed by atoms with Crippen molar-refractivity contribution in [3.8, 4) is 5.95 Å². The number of H-pyrrole nitrogens is 1. The molecule has 0 aromatic carbocycles. The third kappa shape index (κ3) is 2.68. The summed E-state index contributed by atoms with van der Waals surface area (Å²) in [5, 5.41) is 7.15. The van der Waals surface area contributed by atoms with Crippen LogP contribution in [0.5, 0.6) is 0 Å². The summed E-state index contributed by atoms with van der Waals surface area (Å²) in [6.07, 6.45) is 6.77. The van der Waals surface area contributed by atoms with Gasteiger partial charge < -0.3 is 10.3 Å². The van der Waals surface area contributed by atoms with E-state index in [2.05, 4.69) is 35.3 Å².